The Morgan fingerprint density at radius 3 is 2.53 bits per heavy atom. The van der Waals surface area contributed by atoms with Crippen LogP contribution in [0.3, 0.4) is 0 Å². The fourth-order valence-corrected chi connectivity index (χ4v) is 1.85. The van der Waals surface area contributed by atoms with Crippen molar-refractivity contribution >= 4 is 0 Å². The third kappa shape index (κ3) is 2.74. The Morgan fingerprint density at radius 2 is 2.00 bits per heavy atom. The molecule has 0 fully saturated rings. The van der Waals surface area contributed by atoms with Gasteiger partial charge >= 0.3 is 0 Å². The van der Waals surface area contributed by atoms with Gasteiger partial charge in [0.2, 0.25) is 0 Å². The number of hydrogen-bond acceptors (Lipinski definition) is 2. The van der Waals surface area contributed by atoms with Gasteiger partial charge < -0.3 is 10.7 Å². The van der Waals surface area contributed by atoms with Gasteiger partial charge in [-0.05, 0) is 24.5 Å². The van der Waals surface area contributed by atoms with Gasteiger partial charge in [-0.1, -0.05) is 37.6 Å². The zero-order chi connectivity index (χ0) is 12.3. The average Bonchev–Trinajstić information content (AvgIpc) is 2.80. The van der Waals surface area contributed by atoms with Crippen LogP contribution in [-0.2, 0) is 6.42 Å². The van der Waals surface area contributed by atoms with Gasteiger partial charge in [0.25, 0.3) is 0 Å². The van der Waals surface area contributed by atoms with Crippen molar-refractivity contribution in [1.29, 1.82) is 0 Å². The minimum atomic E-state index is -0.0527. The number of hydrogen-bond donors (Lipinski definition) is 2. The zero-order valence-electron chi connectivity index (χ0n) is 10.4. The van der Waals surface area contributed by atoms with Gasteiger partial charge in [-0.25, -0.2) is 4.98 Å². The number of rotatable bonds is 4. The summed E-state index contributed by atoms with van der Waals surface area (Å²) in [4.78, 5) is 7.51. The van der Waals surface area contributed by atoms with Gasteiger partial charge in [-0.2, -0.15) is 0 Å². The Balaban J connectivity index is 2.21. The molecule has 0 radical (unpaired) electrons. The van der Waals surface area contributed by atoms with Crippen LogP contribution in [0.1, 0.15) is 37.7 Å². The predicted octanol–water partition coefficient (Wildman–Crippen LogP) is 3.05. The summed E-state index contributed by atoms with van der Waals surface area (Å²) in [7, 11) is 0. The second-order valence-electron chi connectivity index (χ2n) is 4.42. The summed E-state index contributed by atoms with van der Waals surface area (Å²) in [5.74, 6) is 0.831. The monoisotopic (exact) mass is 229 g/mol. The summed E-state index contributed by atoms with van der Waals surface area (Å²) in [6, 6.07) is 8.55. The smallest absolute Gasteiger partial charge is 0.123 e. The van der Waals surface area contributed by atoms with E-state index in [9.17, 15) is 0 Å². The molecule has 2 aromatic rings. The predicted molar refractivity (Wildman–Crippen MR) is 70.6 cm³/mol. The maximum absolute atomic E-state index is 5.78. The topological polar surface area (TPSA) is 54.7 Å². The normalized spacial score (nSPS) is 12.6. The molecule has 1 aromatic heterocycles. The Morgan fingerprint density at radius 1 is 1.29 bits per heavy atom. The lowest BCUT2D eigenvalue weighted by molar-refractivity contribution is 0.756. The molecule has 0 saturated heterocycles. The van der Waals surface area contributed by atoms with Gasteiger partial charge in [0, 0.05) is 0 Å². The number of benzene rings is 1. The van der Waals surface area contributed by atoms with Crippen LogP contribution in [0, 0.1) is 0 Å². The summed E-state index contributed by atoms with van der Waals surface area (Å²) < 4.78 is 0. The first-order chi connectivity index (χ1) is 8.20. The number of aryl methyl sites for hydroxylation is 1. The third-order valence-electron chi connectivity index (χ3n) is 2.83. The van der Waals surface area contributed by atoms with Crippen molar-refractivity contribution in [2.45, 2.75) is 32.7 Å². The molecule has 0 aliphatic rings. The Labute approximate surface area is 102 Å². The molecule has 1 unspecified atom stereocenters. The SMILES string of the molecule is CCCc1ccc(-c2cnc(C(C)N)[nH]2)cc1. The Bertz CT molecular complexity index is 468. The molecule has 0 bridgehead atoms. The molecule has 3 N–H and O–H groups in total. The van der Waals surface area contributed by atoms with E-state index in [-0.39, 0.29) is 6.04 Å². The molecule has 0 aliphatic heterocycles. The lowest BCUT2D eigenvalue weighted by Gasteiger charge is -2.02. The van der Waals surface area contributed by atoms with Crippen LogP contribution < -0.4 is 5.73 Å². The summed E-state index contributed by atoms with van der Waals surface area (Å²) in [5.41, 5.74) is 9.34. The van der Waals surface area contributed by atoms with E-state index in [1.54, 1.807) is 0 Å². The lowest BCUT2D eigenvalue weighted by Crippen LogP contribution is -2.06. The number of nitrogens with zero attached hydrogens (tertiary/aromatic N) is 1. The van der Waals surface area contributed by atoms with E-state index in [0.29, 0.717) is 0 Å². The van der Waals surface area contributed by atoms with E-state index in [1.165, 1.54) is 12.0 Å². The standard InChI is InChI=1S/C14H19N3/c1-3-4-11-5-7-12(8-6-11)13-9-16-14(17-13)10(2)15/h5-10H,3-4,15H2,1-2H3,(H,16,17). The highest BCUT2D eigenvalue weighted by atomic mass is 14.9. The highest BCUT2D eigenvalue weighted by molar-refractivity contribution is 5.58. The van der Waals surface area contributed by atoms with Gasteiger partial charge in [0.15, 0.2) is 0 Å². The van der Waals surface area contributed by atoms with Gasteiger partial charge in [0.1, 0.15) is 5.82 Å². The molecule has 3 heteroatoms. The molecule has 2 rings (SSSR count). The van der Waals surface area contributed by atoms with E-state index in [2.05, 4.69) is 41.2 Å². The van der Waals surface area contributed by atoms with E-state index in [4.69, 9.17) is 5.73 Å². The fourth-order valence-electron chi connectivity index (χ4n) is 1.85. The minimum Gasteiger partial charge on any atom is -0.341 e. The summed E-state index contributed by atoms with van der Waals surface area (Å²) in [6.45, 7) is 4.12. The molecule has 0 aliphatic carbocycles. The van der Waals surface area contributed by atoms with Gasteiger partial charge in [-0.3, -0.25) is 0 Å². The van der Waals surface area contributed by atoms with Crippen molar-refractivity contribution in [2.75, 3.05) is 0 Å². The zero-order valence-corrected chi connectivity index (χ0v) is 10.4. The highest BCUT2D eigenvalue weighted by Gasteiger charge is 2.06. The van der Waals surface area contributed by atoms with Crippen LogP contribution in [0.5, 0.6) is 0 Å². The lowest BCUT2D eigenvalue weighted by atomic mass is 10.1. The molecule has 17 heavy (non-hydrogen) atoms. The summed E-state index contributed by atoms with van der Waals surface area (Å²) in [5, 5.41) is 0. The summed E-state index contributed by atoms with van der Waals surface area (Å²) in [6.07, 6.45) is 4.15. The van der Waals surface area contributed by atoms with Crippen LogP contribution >= 0.6 is 0 Å². The molecule has 0 saturated carbocycles. The molecular formula is C14H19N3. The maximum atomic E-state index is 5.78. The minimum absolute atomic E-state index is 0.0527. The van der Waals surface area contributed by atoms with Crippen LogP contribution in [-0.4, -0.2) is 9.97 Å². The Hall–Kier alpha value is -1.61. The molecule has 0 amide bonds. The Kier molecular flexibility index (Phi) is 3.59. The van der Waals surface area contributed by atoms with Crippen LogP contribution in [0.4, 0.5) is 0 Å². The van der Waals surface area contributed by atoms with E-state index >= 15 is 0 Å². The van der Waals surface area contributed by atoms with Crippen molar-refractivity contribution in [3.63, 3.8) is 0 Å². The summed E-state index contributed by atoms with van der Waals surface area (Å²) >= 11 is 0. The fraction of sp³-hybridized carbons (Fsp3) is 0.357. The number of aromatic nitrogens is 2. The van der Waals surface area contributed by atoms with Crippen molar-refractivity contribution in [3.05, 3.63) is 41.9 Å². The van der Waals surface area contributed by atoms with Crippen LogP contribution in [0.2, 0.25) is 0 Å². The number of nitrogens with two attached hydrogens (primary N) is 1. The molecule has 1 aromatic carbocycles. The van der Waals surface area contributed by atoms with E-state index in [1.807, 2.05) is 13.1 Å². The number of imidazole rings is 1. The van der Waals surface area contributed by atoms with Gasteiger partial charge in [0.05, 0.1) is 17.9 Å². The molecule has 0 spiro atoms. The number of nitrogens with one attached hydrogen (secondary N) is 1. The number of H-pyrrole nitrogens is 1. The van der Waals surface area contributed by atoms with Crippen molar-refractivity contribution in [3.8, 4) is 11.3 Å². The molecule has 3 nitrogen and oxygen atoms in total. The van der Waals surface area contributed by atoms with E-state index in [0.717, 1.165) is 23.5 Å². The maximum Gasteiger partial charge on any atom is 0.123 e. The second kappa shape index (κ2) is 5.15. The van der Waals surface area contributed by atoms with E-state index < -0.39 is 0 Å². The average molecular weight is 229 g/mol. The largest absolute Gasteiger partial charge is 0.341 e. The highest BCUT2D eigenvalue weighted by Crippen LogP contribution is 2.19. The molecule has 1 heterocycles. The second-order valence-corrected chi connectivity index (χ2v) is 4.42. The van der Waals surface area contributed by atoms with Crippen LogP contribution in [0.15, 0.2) is 30.5 Å². The van der Waals surface area contributed by atoms with Crippen molar-refractivity contribution < 1.29 is 0 Å². The molecule has 90 valence electrons. The van der Waals surface area contributed by atoms with Crippen molar-refractivity contribution in [2.24, 2.45) is 5.73 Å². The molecular weight excluding hydrogens is 210 g/mol. The quantitative estimate of drug-likeness (QED) is 0.846. The first-order valence-electron chi connectivity index (χ1n) is 6.10. The van der Waals surface area contributed by atoms with Crippen LogP contribution in [0.25, 0.3) is 11.3 Å². The number of aromatic amines is 1. The first-order valence-corrected chi connectivity index (χ1v) is 6.10. The van der Waals surface area contributed by atoms with Crippen molar-refractivity contribution in [1.82, 2.24) is 9.97 Å². The van der Waals surface area contributed by atoms with Gasteiger partial charge in [-0.15, -0.1) is 0 Å². The third-order valence-corrected chi connectivity index (χ3v) is 2.83. The molecule has 1 atom stereocenters. The first kappa shape index (κ1) is 11.9.